The maximum atomic E-state index is 13.2. The summed E-state index contributed by atoms with van der Waals surface area (Å²) in [6.07, 6.45) is 7.72. The zero-order valence-electron chi connectivity index (χ0n) is 22.0. The summed E-state index contributed by atoms with van der Waals surface area (Å²) in [7, 11) is -3.71. The lowest BCUT2D eigenvalue weighted by Gasteiger charge is -2.59. The van der Waals surface area contributed by atoms with Crippen LogP contribution in [0.15, 0.2) is 41.3 Å². The molecule has 1 aliphatic heterocycles. The Hall–Kier alpha value is -2.07. The fraction of sp³-hybridized carbons (Fsp3) is 0.571. The number of halogens is 2. The molecule has 39 heavy (non-hydrogen) atoms. The minimum Gasteiger partial charge on any atom is -0.376 e. The molecule has 1 unspecified atom stereocenters. The Kier molecular flexibility index (Phi) is 7.01. The topological polar surface area (TPSA) is 95.8 Å². The first-order valence-electron chi connectivity index (χ1n) is 13.8. The second kappa shape index (κ2) is 10.1. The largest absolute Gasteiger partial charge is 0.376 e. The molecule has 8 nitrogen and oxygen atoms in total. The third kappa shape index (κ3) is 5.00. The molecule has 4 bridgehead atoms. The van der Waals surface area contributed by atoms with Gasteiger partial charge in [0, 0.05) is 44.0 Å². The Bertz CT molecular complexity index is 1360. The van der Waals surface area contributed by atoms with Crippen LogP contribution >= 0.6 is 23.2 Å². The van der Waals surface area contributed by atoms with Gasteiger partial charge in [0.05, 0.1) is 19.9 Å². The Labute approximate surface area is 239 Å². The average molecular weight is 594 g/mol. The Morgan fingerprint density at radius 1 is 0.949 bits per heavy atom. The van der Waals surface area contributed by atoms with Crippen molar-refractivity contribution in [2.75, 3.05) is 36.4 Å². The number of rotatable bonds is 7. The highest BCUT2D eigenvalue weighted by molar-refractivity contribution is 7.89. The van der Waals surface area contributed by atoms with Gasteiger partial charge in [-0.15, -0.1) is 0 Å². The van der Waals surface area contributed by atoms with Crippen LogP contribution < -0.4 is 10.2 Å². The zero-order valence-corrected chi connectivity index (χ0v) is 24.3. The zero-order chi connectivity index (χ0) is 27.5. The quantitative estimate of drug-likeness (QED) is 0.294. The van der Waals surface area contributed by atoms with Gasteiger partial charge in [0.1, 0.15) is 5.69 Å². The van der Waals surface area contributed by atoms with Crippen LogP contribution in [0.5, 0.6) is 0 Å². The third-order valence-corrected chi connectivity index (χ3v) is 12.3. The molecule has 5 aliphatic rings. The molecule has 5 fully saturated rings. The summed E-state index contributed by atoms with van der Waals surface area (Å²) < 4.78 is 27.8. The molecule has 0 spiro atoms. The maximum absolute atomic E-state index is 13.2. The van der Waals surface area contributed by atoms with Gasteiger partial charge in [-0.25, -0.2) is 8.42 Å². The van der Waals surface area contributed by atoms with E-state index in [2.05, 4.69) is 17.1 Å². The molecule has 210 valence electrons. The number of anilines is 2. The van der Waals surface area contributed by atoms with E-state index in [0.717, 1.165) is 23.4 Å². The van der Waals surface area contributed by atoms with Gasteiger partial charge >= 0.3 is 0 Å². The second-order valence-corrected chi connectivity index (χ2v) is 14.8. The van der Waals surface area contributed by atoms with Crippen molar-refractivity contribution < 1.29 is 13.3 Å². The van der Waals surface area contributed by atoms with Gasteiger partial charge in [-0.3, -0.25) is 10.1 Å². The van der Waals surface area contributed by atoms with Crippen LogP contribution in [0.3, 0.4) is 0 Å². The van der Waals surface area contributed by atoms with Crippen LogP contribution in [0.2, 0.25) is 10.0 Å². The van der Waals surface area contributed by atoms with Crippen LogP contribution in [-0.4, -0.2) is 49.9 Å². The van der Waals surface area contributed by atoms with Crippen molar-refractivity contribution >= 4 is 50.3 Å². The Morgan fingerprint density at radius 2 is 1.56 bits per heavy atom. The summed E-state index contributed by atoms with van der Waals surface area (Å²) in [6, 6.07) is 9.69. The normalized spacial score (nSPS) is 29.4. The van der Waals surface area contributed by atoms with E-state index < -0.39 is 10.0 Å². The van der Waals surface area contributed by atoms with E-state index in [-0.39, 0.29) is 32.0 Å². The molecule has 0 radical (unpaired) electrons. The molecule has 1 saturated heterocycles. The number of nitro benzene ring substituents is 1. The van der Waals surface area contributed by atoms with Gasteiger partial charge < -0.3 is 10.2 Å². The predicted molar refractivity (Wildman–Crippen MR) is 154 cm³/mol. The molecule has 11 heteroatoms. The summed E-state index contributed by atoms with van der Waals surface area (Å²) in [5.41, 5.74) is 1.69. The van der Waals surface area contributed by atoms with Crippen molar-refractivity contribution in [3.05, 3.63) is 56.6 Å². The number of hydrogen-bond donors (Lipinski definition) is 1. The molecule has 0 aromatic heterocycles. The summed E-state index contributed by atoms with van der Waals surface area (Å²) in [5.74, 6) is 2.41. The van der Waals surface area contributed by atoms with E-state index in [4.69, 9.17) is 23.2 Å². The Morgan fingerprint density at radius 3 is 2.13 bits per heavy atom. The van der Waals surface area contributed by atoms with Crippen molar-refractivity contribution in [1.29, 1.82) is 0 Å². The standard InChI is InChI=1S/C28H34Cl2N4O4S/c1-18(28-15-19-10-20(16-28)12-21(11-19)17-28)31-26-13-22(2-5-27(26)34(35)36)32-6-8-33(9-7-32)39(37,38)23-3-4-24(29)25(30)14-23/h2-5,13-14,18-21,31H,6-12,15-17H2,1H3. The summed E-state index contributed by atoms with van der Waals surface area (Å²) in [6.45, 7) is 3.75. The molecule has 1 atom stereocenters. The second-order valence-electron chi connectivity index (χ2n) is 12.1. The molecule has 7 rings (SSSR count). The number of piperazine rings is 1. The van der Waals surface area contributed by atoms with E-state index >= 15 is 0 Å². The summed E-state index contributed by atoms with van der Waals surface area (Å²) >= 11 is 12.0. The van der Waals surface area contributed by atoms with Crippen LogP contribution in [0.1, 0.15) is 45.4 Å². The van der Waals surface area contributed by atoms with Gasteiger partial charge in [-0.05, 0) is 98.9 Å². The van der Waals surface area contributed by atoms with Crippen LogP contribution in [0.25, 0.3) is 0 Å². The van der Waals surface area contributed by atoms with Crippen molar-refractivity contribution in [1.82, 2.24) is 4.31 Å². The number of hydrogen-bond acceptors (Lipinski definition) is 6. The van der Waals surface area contributed by atoms with Gasteiger partial charge in [-0.1, -0.05) is 23.2 Å². The van der Waals surface area contributed by atoms with E-state index in [9.17, 15) is 18.5 Å². The minimum atomic E-state index is -3.71. The lowest BCUT2D eigenvalue weighted by molar-refractivity contribution is -0.384. The van der Waals surface area contributed by atoms with E-state index in [1.54, 1.807) is 12.1 Å². The first-order valence-corrected chi connectivity index (χ1v) is 16.0. The van der Waals surface area contributed by atoms with Gasteiger partial charge in [0.25, 0.3) is 5.69 Å². The molecule has 4 saturated carbocycles. The molecule has 0 amide bonds. The Balaban J connectivity index is 1.18. The smallest absolute Gasteiger partial charge is 0.292 e. The number of nitrogens with one attached hydrogen (secondary N) is 1. The van der Waals surface area contributed by atoms with Crippen LogP contribution in [0.4, 0.5) is 17.1 Å². The molecule has 1 N–H and O–H groups in total. The highest BCUT2D eigenvalue weighted by Crippen LogP contribution is 2.61. The van der Waals surface area contributed by atoms with Crippen molar-refractivity contribution in [3.63, 3.8) is 0 Å². The monoisotopic (exact) mass is 592 g/mol. The van der Waals surface area contributed by atoms with Gasteiger partial charge in [-0.2, -0.15) is 4.31 Å². The minimum absolute atomic E-state index is 0.0798. The highest BCUT2D eigenvalue weighted by Gasteiger charge is 2.53. The maximum Gasteiger partial charge on any atom is 0.292 e. The number of benzene rings is 2. The lowest BCUT2D eigenvalue weighted by atomic mass is 9.48. The number of nitro groups is 1. The van der Waals surface area contributed by atoms with Crippen LogP contribution in [0, 0.1) is 33.3 Å². The molecule has 4 aliphatic carbocycles. The lowest BCUT2D eigenvalue weighted by Crippen LogP contribution is -2.53. The third-order valence-electron chi connectivity index (χ3n) is 9.69. The fourth-order valence-electron chi connectivity index (χ4n) is 8.06. The molecule has 1 heterocycles. The van der Waals surface area contributed by atoms with E-state index in [1.807, 2.05) is 6.07 Å². The summed E-state index contributed by atoms with van der Waals surface area (Å²) in [4.78, 5) is 13.8. The summed E-state index contributed by atoms with van der Waals surface area (Å²) in [5, 5.41) is 16.0. The van der Waals surface area contributed by atoms with Crippen molar-refractivity contribution in [3.8, 4) is 0 Å². The van der Waals surface area contributed by atoms with Crippen LogP contribution in [-0.2, 0) is 10.0 Å². The highest BCUT2D eigenvalue weighted by atomic mass is 35.5. The average Bonchev–Trinajstić information content (AvgIpc) is 2.89. The molecular weight excluding hydrogens is 559 g/mol. The first-order chi connectivity index (χ1) is 18.5. The van der Waals surface area contributed by atoms with E-state index in [0.29, 0.717) is 36.9 Å². The predicted octanol–water partition coefficient (Wildman–Crippen LogP) is 6.43. The molecule has 2 aromatic carbocycles. The van der Waals surface area contributed by atoms with Crippen molar-refractivity contribution in [2.24, 2.45) is 23.2 Å². The number of sulfonamides is 1. The number of nitrogens with zero attached hydrogens (tertiary/aromatic N) is 3. The van der Waals surface area contributed by atoms with Crippen molar-refractivity contribution in [2.45, 2.75) is 56.4 Å². The molecule has 2 aromatic rings. The first kappa shape index (κ1) is 27.1. The fourth-order valence-corrected chi connectivity index (χ4v) is 9.87. The van der Waals surface area contributed by atoms with Gasteiger partial charge in [0.15, 0.2) is 0 Å². The van der Waals surface area contributed by atoms with E-state index in [1.165, 1.54) is 61.0 Å². The van der Waals surface area contributed by atoms with Gasteiger partial charge in [0.2, 0.25) is 10.0 Å². The molecular formula is C28H34Cl2N4O4S. The SMILES string of the molecule is CC(Nc1cc(N2CCN(S(=O)(=O)c3ccc(Cl)c(Cl)c3)CC2)ccc1[N+](=O)[O-])C12CC3CC(CC(C3)C1)C2.